The molecular formula is C7H15NO3. The standard InChI is InChI=1S/2C3H6O.CH3NO/c2*1-3(2)4;2-1-3/h2*1-2H3;1H,(H2,2,3). The van der Waals surface area contributed by atoms with Crippen LogP contribution in [0.4, 0.5) is 0 Å². The van der Waals surface area contributed by atoms with Gasteiger partial charge in [-0.2, -0.15) is 0 Å². The Hall–Kier alpha value is -1.19. The molecule has 0 rings (SSSR count). The molecule has 11 heavy (non-hydrogen) atoms. The summed E-state index contributed by atoms with van der Waals surface area (Å²) in [5.74, 6) is 0.333. The number of amides is 1. The number of carbonyl (C=O) groups excluding carboxylic acids is 3. The Morgan fingerprint density at radius 3 is 1.00 bits per heavy atom. The zero-order valence-corrected chi connectivity index (χ0v) is 7.38. The van der Waals surface area contributed by atoms with E-state index in [0.29, 0.717) is 0 Å². The Bertz CT molecular complexity index is 101. The fourth-order valence-corrected chi connectivity index (χ4v) is 0. The quantitative estimate of drug-likeness (QED) is 0.519. The predicted octanol–water partition coefficient (Wildman–Crippen LogP) is 0.292. The topological polar surface area (TPSA) is 77.2 Å². The molecule has 0 bridgehead atoms. The van der Waals surface area contributed by atoms with Gasteiger partial charge in [-0.15, -0.1) is 0 Å². The minimum Gasteiger partial charge on any atom is -0.372 e. The van der Waals surface area contributed by atoms with E-state index < -0.39 is 0 Å². The molecule has 0 saturated heterocycles. The fourth-order valence-electron chi connectivity index (χ4n) is 0. The third-order valence-electron chi connectivity index (χ3n) is 0. The summed E-state index contributed by atoms with van der Waals surface area (Å²) >= 11 is 0. The van der Waals surface area contributed by atoms with Crippen LogP contribution in [0.5, 0.6) is 0 Å². The predicted molar refractivity (Wildman–Crippen MR) is 43.0 cm³/mol. The molecule has 0 unspecified atom stereocenters. The maximum Gasteiger partial charge on any atom is 0.204 e. The second-order valence-electron chi connectivity index (χ2n) is 1.95. The van der Waals surface area contributed by atoms with Crippen LogP contribution in [0.2, 0.25) is 0 Å². The molecule has 66 valence electrons. The van der Waals surface area contributed by atoms with E-state index in [9.17, 15) is 9.59 Å². The summed E-state index contributed by atoms with van der Waals surface area (Å²) in [6.45, 7) is 6.11. The molecule has 2 N–H and O–H groups in total. The molecule has 0 atom stereocenters. The smallest absolute Gasteiger partial charge is 0.204 e. The van der Waals surface area contributed by atoms with Crippen LogP contribution >= 0.6 is 0 Å². The van der Waals surface area contributed by atoms with Gasteiger partial charge in [0.2, 0.25) is 6.41 Å². The average Bonchev–Trinajstić information content (AvgIpc) is 1.60. The van der Waals surface area contributed by atoms with E-state index in [4.69, 9.17) is 4.79 Å². The molecule has 1 amide bonds. The monoisotopic (exact) mass is 161 g/mol. The van der Waals surface area contributed by atoms with Crippen LogP contribution < -0.4 is 5.73 Å². The molecule has 0 saturated carbocycles. The van der Waals surface area contributed by atoms with Crippen molar-refractivity contribution in [1.29, 1.82) is 0 Å². The first kappa shape index (κ1) is 16.4. The minimum atomic E-state index is 0.167. The van der Waals surface area contributed by atoms with E-state index in [1.165, 1.54) is 27.7 Å². The van der Waals surface area contributed by atoms with E-state index in [0.717, 1.165) is 0 Å². The highest BCUT2D eigenvalue weighted by molar-refractivity contribution is 5.72. The highest BCUT2D eigenvalue weighted by Gasteiger charge is 1.62. The van der Waals surface area contributed by atoms with Gasteiger partial charge in [-0.3, -0.25) is 4.79 Å². The molecule has 0 aromatic heterocycles. The van der Waals surface area contributed by atoms with E-state index in [1.54, 1.807) is 0 Å². The number of hydrogen-bond acceptors (Lipinski definition) is 3. The molecule has 0 spiro atoms. The lowest BCUT2D eigenvalue weighted by atomic mass is 10.6. The van der Waals surface area contributed by atoms with Crippen molar-refractivity contribution in [3.63, 3.8) is 0 Å². The first-order chi connectivity index (χ1) is 4.88. The first-order valence-corrected chi connectivity index (χ1v) is 2.98. The minimum absolute atomic E-state index is 0.167. The van der Waals surface area contributed by atoms with Gasteiger partial charge in [-0.1, -0.05) is 0 Å². The molecule has 0 aromatic rings. The highest BCUT2D eigenvalue weighted by atomic mass is 16.1. The normalized spacial score (nSPS) is 5.82. The van der Waals surface area contributed by atoms with Crippen LogP contribution in [-0.2, 0) is 14.4 Å². The largest absolute Gasteiger partial charge is 0.372 e. The first-order valence-electron chi connectivity index (χ1n) is 2.98. The van der Waals surface area contributed by atoms with Crippen LogP contribution in [-0.4, -0.2) is 18.0 Å². The van der Waals surface area contributed by atoms with Crippen molar-refractivity contribution in [2.24, 2.45) is 5.73 Å². The highest BCUT2D eigenvalue weighted by Crippen LogP contribution is 1.50. The van der Waals surface area contributed by atoms with Crippen molar-refractivity contribution in [1.82, 2.24) is 0 Å². The van der Waals surface area contributed by atoms with Gasteiger partial charge in [0.25, 0.3) is 0 Å². The Balaban J connectivity index is -0.0000000886. The van der Waals surface area contributed by atoms with Crippen molar-refractivity contribution in [3.8, 4) is 0 Å². The lowest BCUT2D eigenvalue weighted by molar-refractivity contribution is -0.115. The van der Waals surface area contributed by atoms with E-state index in [1.807, 2.05) is 0 Å². The second kappa shape index (κ2) is 15.9. The van der Waals surface area contributed by atoms with Gasteiger partial charge in [0.05, 0.1) is 0 Å². The van der Waals surface area contributed by atoms with Crippen molar-refractivity contribution in [2.45, 2.75) is 27.7 Å². The van der Waals surface area contributed by atoms with Gasteiger partial charge in [0.1, 0.15) is 11.6 Å². The summed E-state index contributed by atoms with van der Waals surface area (Å²) in [7, 11) is 0. The molecule has 0 aliphatic carbocycles. The SMILES string of the molecule is CC(C)=O.CC(C)=O.NC=O. The molecular weight excluding hydrogens is 146 g/mol. The van der Waals surface area contributed by atoms with Crippen LogP contribution in [0, 0.1) is 0 Å². The third kappa shape index (κ3) is 289. The van der Waals surface area contributed by atoms with Gasteiger partial charge in [0.15, 0.2) is 0 Å². The van der Waals surface area contributed by atoms with Crippen LogP contribution in [0.25, 0.3) is 0 Å². The van der Waals surface area contributed by atoms with Gasteiger partial charge in [0, 0.05) is 0 Å². The number of rotatable bonds is 0. The van der Waals surface area contributed by atoms with E-state index in [2.05, 4.69) is 5.73 Å². The second-order valence-corrected chi connectivity index (χ2v) is 1.95. The average molecular weight is 161 g/mol. The van der Waals surface area contributed by atoms with Crippen LogP contribution in [0.3, 0.4) is 0 Å². The maximum atomic E-state index is 9.44. The van der Waals surface area contributed by atoms with Gasteiger partial charge >= 0.3 is 0 Å². The molecule has 0 fully saturated rings. The number of ketones is 2. The fraction of sp³-hybridized carbons (Fsp3) is 0.571. The molecule has 0 heterocycles. The lowest BCUT2D eigenvalue weighted by Gasteiger charge is -1.56. The summed E-state index contributed by atoms with van der Waals surface area (Å²) in [6.07, 6.45) is 0.250. The number of primary amides is 1. The van der Waals surface area contributed by atoms with Crippen LogP contribution in [0.15, 0.2) is 0 Å². The number of carbonyl (C=O) groups is 3. The molecule has 0 aromatic carbocycles. The maximum absolute atomic E-state index is 9.44. The molecule has 4 nitrogen and oxygen atoms in total. The zero-order valence-electron chi connectivity index (χ0n) is 7.38. The summed E-state index contributed by atoms with van der Waals surface area (Å²) < 4.78 is 0. The summed E-state index contributed by atoms with van der Waals surface area (Å²) in [4.78, 5) is 27.5. The van der Waals surface area contributed by atoms with Crippen molar-refractivity contribution in [3.05, 3.63) is 0 Å². The number of hydrogen-bond donors (Lipinski definition) is 1. The molecule has 4 heteroatoms. The van der Waals surface area contributed by atoms with Gasteiger partial charge < -0.3 is 15.3 Å². The summed E-state index contributed by atoms with van der Waals surface area (Å²) in [5.41, 5.74) is 4.17. The Morgan fingerprint density at radius 1 is 1.00 bits per heavy atom. The van der Waals surface area contributed by atoms with Crippen molar-refractivity contribution < 1.29 is 14.4 Å². The lowest BCUT2D eigenvalue weighted by Crippen LogP contribution is -1.82. The van der Waals surface area contributed by atoms with E-state index >= 15 is 0 Å². The molecule has 0 aliphatic rings. The van der Waals surface area contributed by atoms with Crippen molar-refractivity contribution >= 4 is 18.0 Å². The summed E-state index contributed by atoms with van der Waals surface area (Å²) in [5, 5.41) is 0. The van der Waals surface area contributed by atoms with E-state index in [-0.39, 0.29) is 18.0 Å². The molecule has 0 aliphatic heterocycles. The number of nitrogens with two attached hydrogens (primary N) is 1. The van der Waals surface area contributed by atoms with Gasteiger partial charge in [-0.25, -0.2) is 0 Å². The Labute approximate surface area is 66.8 Å². The zero-order chi connectivity index (χ0) is 9.86. The Kier molecular flexibility index (Phi) is 23.8. The third-order valence-corrected chi connectivity index (χ3v) is 0. The number of Topliss-reactive ketones (excluding diaryl/α,β-unsaturated/α-hetero) is 2. The van der Waals surface area contributed by atoms with Gasteiger partial charge in [-0.05, 0) is 27.7 Å². The Morgan fingerprint density at radius 2 is 1.00 bits per heavy atom. The van der Waals surface area contributed by atoms with Crippen LogP contribution in [0.1, 0.15) is 27.7 Å². The molecule has 0 radical (unpaired) electrons. The van der Waals surface area contributed by atoms with Crippen molar-refractivity contribution in [2.75, 3.05) is 0 Å². The summed E-state index contributed by atoms with van der Waals surface area (Å²) in [6, 6.07) is 0.